The SMILES string of the molecule is COc1cccc([C@@H]2C(C(=O)Nc3ccccc3)=C(C)N=c3s/c(=C\c4cc(Cl)ccc4OCc4ccccc4C#N)c(=O)n32)c1. The number of carbonyl (C=O) groups excluding carboxylic acids is 1. The monoisotopic (exact) mass is 646 g/mol. The lowest BCUT2D eigenvalue weighted by Crippen LogP contribution is -2.40. The van der Waals surface area contributed by atoms with Crippen LogP contribution in [-0.4, -0.2) is 17.6 Å². The maximum atomic E-state index is 14.2. The van der Waals surface area contributed by atoms with Gasteiger partial charge in [-0.1, -0.05) is 71.5 Å². The van der Waals surface area contributed by atoms with Gasteiger partial charge in [-0.2, -0.15) is 5.26 Å². The maximum Gasteiger partial charge on any atom is 0.271 e. The first-order chi connectivity index (χ1) is 22.4. The Morgan fingerprint density at radius 1 is 1.07 bits per heavy atom. The Hall–Kier alpha value is -5.43. The van der Waals surface area contributed by atoms with Crippen molar-refractivity contribution < 1.29 is 14.3 Å². The lowest BCUT2D eigenvalue weighted by molar-refractivity contribution is -0.113. The summed E-state index contributed by atoms with van der Waals surface area (Å²) >= 11 is 7.59. The zero-order valence-corrected chi connectivity index (χ0v) is 26.4. The maximum absolute atomic E-state index is 14.2. The Kier molecular flexibility index (Phi) is 8.83. The van der Waals surface area contributed by atoms with E-state index in [9.17, 15) is 14.9 Å². The van der Waals surface area contributed by atoms with E-state index < -0.39 is 6.04 Å². The molecule has 0 radical (unpaired) electrons. The number of nitriles is 1. The van der Waals surface area contributed by atoms with E-state index in [1.165, 1.54) is 11.3 Å². The number of aromatic nitrogens is 1. The molecule has 0 saturated heterocycles. The van der Waals surface area contributed by atoms with Crippen molar-refractivity contribution in [1.29, 1.82) is 5.26 Å². The van der Waals surface area contributed by atoms with Crippen LogP contribution in [0.3, 0.4) is 0 Å². The van der Waals surface area contributed by atoms with Crippen molar-refractivity contribution in [2.45, 2.75) is 19.6 Å². The first-order valence-electron chi connectivity index (χ1n) is 14.3. The molecule has 1 N–H and O–H groups in total. The van der Waals surface area contributed by atoms with Gasteiger partial charge in [-0.15, -0.1) is 0 Å². The molecule has 1 amide bonds. The van der Waals surface area contributed by atoms with Gasteiger partial charge < -0.3 is 14.8 Å². The van der Waals surface area contributed by atoms with Crippen molar-refractivity contribution >= 4 is 40.6 Å². The zero-order chi connectivity index (χ0) is 32.2. The summed E-state index contributed by atoms with van der Waals surface area (Å²) < 4.78 is 13.5. The van der Waals surface area contributed by atoms with Crippen LogP contribution in [0.1, 0.15) is 35.2 Å². The molecule has 228 valence electrons. The third-order valence-electron chi connectivity index (χ3n) is 7.49. The molecule has 5 aromatic rings. The van der Waals surface area contributed by atoms with Crippen LogP contribution in [0.2, 0.25) is 5.02 Å². The number of thiazole rings is 1. The van der Waals surface area contributed by atoms with Crippen LogP contribution < -0.4 is 29.7 Å². The molecule has 0 unspecified atom stereocenters. The summed E-state index contributed by atoms with van der Waals surface area (Å²) in [4.78, 5) is 33.2. The molecule has 1 aromatic heterocycles. The van der Waals surface area contributed by atoms with Crippen LogP contribution >= 0.6 is 22.9 Å². The second-order valence-corrected chi connectivity index (χ2v) is 11.9. The topological polar surface area (TPSA) is 106 Å². The van der Waals surface area contributed by atoms with Crippen molar-refractivity contribution in [2.75, 3.05) is 12.4 Å². The molecule has 0 aliphatic carbocycles. The number of fused-ring (bicyclic) bond motifs is 1. The molecular formula is C36H27ClN4O4S. The van der Waals surface area contributed by atoms with Crippen LogP contribution in [-0.2, 0) is 11.4 Å². The fraction of sp³-hybridized carbons (Fsp3) is 0.111. The van der Waals surface area contributed by atoms with Crippen molar-refractivity contribution in [2.24, 2.45) is 4.99 Å². The van der Waals surface area contributed by atoms with Crippen LogP contribution in [0.25, 0.3) is 6.08 Å². The first kappa shape index (κ1) is 30.6. The quantitative estimate of drug-likeness (QED) is 0.223. The van der Waals surface area contributed by atoms with E-state index in [2.05, 4.69) is 11.4 Å². The van der Waals surface area contributed by atoms with Crippen LogP contribution in [0.4, 0.5) is 5.69 Å². The summed E-state index contributed by atoms with van der Waals surface area (Å²) in [7, 11) is 1.57. The Labute approximate surface area is 273 Å². The molecule has 1 atom stereocenters. The van der Waals surface area contributed by atoms with Crippen molar-refractivity contribution in [3.8, 4) is 17.6 Å². The van der Waals surface area contributed by atoms with Gasteiger partial charge in [0.15, 0.2) is 4.80 Å². The third kappa shape index (κ3) is 6.22. The average Bonchev–Trinajstić information content (AvgIpc) is 3.37. The van der Waals surface area contributed by atoms with Crippen LogP contribution in [0, 0.1) is 11.3 Å². The predicted octanol–water partition coefficient (Wildman–Crippen LogP) is 5.99. The highest BCUT2D eigenvalue weighted by Gasteiger charge is 2.33. The molecule has 1 aliphatic heterocycles. The van der Waals surface area contributed by atoms with E-state index in [-0.39, 0.29) is 18.1 Å². The fourth-order valence-electron chi connectivity index (χ4n) is 5.27. The van der Waals surface area contributed by atoms with E-state index in [1.807, 2.05) is 54.6 Å². The normalized spacial score (nSPS) is 14.2. The average molecular weight is 647 g/mol. The minimum Gasteiger partial charge on any atom is -0.497 e. The Morgan fingerprint density at radius 3 is 2.63 bits per heavy atom. The highest BCUT2D eigenvalue weighted by atomic mass is 35.5. The number of methoxy groups -OCH3 is 1. The summed E-state index contributed by atoms with van der Waals surface area (Å²) in [5, 5.41) is 12.9. The number of para-hydroxylation sites is 1. The van der Waals surface area contributed by atoms with Crippen LogP contribution in [0.5, 0.6) is 11.5 Å². The van der Waals surface area contributed by atoms with Gasteiger partial charge in [0.1, 0.15) is 18.1 Å². The van der Waals surface area contributed by atoms with Gasteiger partial charge in [0.25, 0.3) is 11.5 Å². The highest BCUT2D eigenvalue weighted by Crippen LogP contribution is 2.32. The molecule has 0 spiro atoms. The van der Waals surface area contributed by atoms with Crippen molar-refractivity contribution in [1.82, 2.24) is 4.57 Å². The van der Waals surface area contributed by atoms with Crippen molar-refractivity contribution in [3.05, 3.63) is 155 Å². The Balaban J connectivity index is 1.45. The number of rotatable bonds is 8. The van der Waals surface area contributed by atoms with Gasteiger partial charge in [0.05, 0.1) is 40.6 Å². The molecule has 0 bridgehead atoms. The van der Waals surface area contributed by atoms with E-state index >= 15 is 0 Å². The molecule has 2 heterocycles. The molecule has 10 heteroatoms. The molecule has 1 aliphatic rings. The van der Waals surface area contributed by atoms with Gasteiger partial charge in [0, 0.05) is 21.8 Å². The number of allylic oxidation sites excluding steroid dienone is 1. The molecular weight excluding hydrogens is 620 g/mol. The van der Waals surface area contributed by atoms with Crippen LogP contribution in [0.15, 0.2) is 118 Å². The second kappa shape index (κ2) is 13.3. The number of benzene rings is 4. The number of hydrogen-bond acceptors (Lipinski definition) is 7. The largest absolute Gasteiger partial charge is 0.497 e. The minimum atomic E-state index is -0.769. The molecule has 0 fully saturated rings. The number of ether oxygens (including phenoxy) is 2. The standard InChI is InChI=1S/C36H27ClN4O4S/c1-22-32(34(42)40-28-12-4-3-5-13-28)33(23-11-8-14-29(18-23)44-2)41-35(43)31(46-36(41)39-22)19-26-17-27(37)15-16-30(26)45-21-25-10-7-6-9-24(25)20-38/h3-19,33H,21H2,1-2H3,(H,40,42)/b31-19-/t33-/m1/s1. The summed E-state index contributed by atoms with van der Waals surface area (Å²) in [5.41, 5.74) is 3.68. The fourth-order valence-corrected chi connectivity index (χ4v) is 6.49. The lowest BCUT2D eigenvalue weighted by atomic mass is 9.95. The highest BCUT2D eigenvalue weighted by molar-refractivity contribution is 7.07. The molecule has 0 saturated carbocycles. The van der Waals surface area contributed by atoms with E-state index in [4.69, 9.17) is 26.1 Å². The second-order valence-electron chi connectivity index (χ2n) is 10.4. The van der Waals surface area contributed by atoms with Gasteiger partial charge in [-0.05, 0) is 67.1 Å². The number of amides is 1. The molecule has 46 heavy (non-hydrogen) atoms. The number of carbonyl (C=O) groups is 1. The molecule has 8 nitrogen and oxygen atoms in total. The smallest absolute Gasteiger partial charge is 0.271 e. The lowest BCUT2D eigenvalue weighted by Gasteiger charge is -2.25. The first-order valence-corrected chi connectivity index (χ1v) is 15.5. The third-order valence-corrected chi connectivity index (χ3v) is 8.70. The summed E-state index contributed by atoms with van der Waals surface area (Å²) in [6, 6.07) is 30.2. The van der Waals surface area contributed by atoms with Crippen molar-refractivity contribution in [3.63, 3.8) is 0 Å². The van der Waals surface area contributed by atoms with E-state index in [0.29, 0.717) is 59.5 Å². The minimum absolute atomic E-state index is 0.155. The number of halogens is 1. The van der Waals surface area contributed by atoms with E-state index in [0.717, 1.165) is 5.56 Å². The zero-order valence-electron chi connectivity index (χ0n) is 24.9. The number of anilines is 1. The summed E-state index contributed by atoms with van der Waals surface area (Å²) in [5.74, 6) is 0.722. The Bertz CT molecular complexity index is 2220. The molecule has 6 rings (SSSR count). The Morgan fingerprint density at radius 2 is 1.85 bits per heavy atom. The summed E-state index contributed by atoms with van der Waals surface area (Å²) in [6.45, 7) is 1.93. The number of nitrogens with zero attached hydrogens (tertiary/aromatic N) is 3. The number of nitrogens with one attached hydrogen (secondary N) is 1. The van der Waals surface area contributed by atoms with Gasteiger partial charge in [0.2, 0.25) is 0 Å². The van der Waals surface area contributed by atoms with Gasteiger partial charge >= 0.3 is 0 Å². The summed E-state index contributed by atoms with van der Waals surface area (Å²) in [6.07, 6.45) is 1.72. The van der Waals surface area contributed by atoms with Gasteiger partial charge in [-0.3, -0.25) is 14.2 Å². The number of hydrogen-bond donors (Lipinski definition) is 1. The molecule has 4 aromatic carbocycles. The predicted molar refractivity (Wildman–Crippen MR) is 179 cm³/mol. The van der Waals surface area contributed by atoms with E-state index in [1.54, 1.807) is 67.1 Å². The van der Waals surface area contributed by atoms with Gasteiger partial charge in [-0.25, -0.2) is 4.99 Å².